The third-order valence-electron chi connectivity index (χ3n) is 6.74. The number of anilines is 1. The van der Waals surface area contributed by atoms with E-state index in [0.717, 1.165) is 12.1 Å². The lowest BCUT2D eigenvalue weighted by Gasteiger charge is -2.44. The molecule has 6 rings (SSSR count). The number of β-amino-alcohol motifs (C(OH)–C–C–N with tert-alkyl or cyclic N) is 1. The Morgan fingerprint density at radius 1 is 1.14 bits per heavy atom. The minimum atomic E-state index is -3.17. The normalized spacial score (nSPS) is 20.4. The van der Waals surface area contributed by atoms with Crippen LogP contribution in [0.3, 0.4) is 0 Å². The lowest BCUT2D eigenvalue weighted by molar-refractivity contribution is -0.0507. The van der Waals surface area contributed by atoms with E-state index in [1.807, 2.05) is 0 Å². The summed E-state index contributed by atoms with van der Waals surface area (Å²) in [6, 6.07) is 4.54. The zero-order valence-electron chi connectivity index (χ0n) is 19.4. The molecule has 192 valence electrons. The Kier molecular flexibility index (Phi) is 5.35. The lowest BCUT2D eigenvalue weighted by Crippen LogP contribution is -2.60. The smallest absolute Gasteiger partial charge is 0.387 e. The fourth-order valence-electron chi connectivity index (χ4n) is 5.16. The number of pyridine rings is 1. The Hall–Kier alpha value is -3.77. The molecule has 4 aromatic rings. The molecule has 3 aromatic heterocycles. The van der Waals surface area contributed by atoms with E-state index in [9.17, 15) is 23.4 Å². The van der Waals surface area contributed by atoms with Gasteiger partial charge in [-0.3, -0.25) is 0 Å². The second-order valence-corrected chi connectivity index (χ2v) is 9.64. The molecule has 2 N–H and O–H groups in total. The van der Waals surface area contributed by atoms with Crippen LogP contribution in [0.2, 0.25) is 0 Å². The standard InChI is InChI=1S/C25H21F4N5O3/c1-25(36)10-33(11-25)24-30-7-12(8-31-24)16-9-34-20(6-17(16)27)32-21-18(35)5-15(22(21)34)14-3-2-13(26)4-19(14)37-23(28)29/h2-4,6-9,15,18,23,35-36H,5,10-11H2,1H3. The molecule has 1 aromatic carbocycles. The van der Waals surface area contributed by atoms with Gasteiger partial charge in [0.2, 0.25) is 5.95 Å². The van der Waals surface area contributed by atoms with E-state index >= 15 is 4.39 Å². The van der Waals surface area contributed by atoms with Gasteiger partial charge >= 0.3 is 6.61 Å². The van der Waals surface area contributed by atoms with Crippen LogP contribution < -0.4 is 9.64 Å². The van der Waals surface area contributed by atoms with Gasteiger partial charge in [0.15, 0.2) is 0 Å². The Morgan fingerprint density at radius 2 is 1.86 bits per heavy atom. The maximum atomic E-state index is 15.1. The molecule has 0 saturated carbocycles. The highest BCUT2D eigenvalue weighted by atomic mass is 19.3. The molecule has 1 aliphatic heterocycles. The molecule has 1 fully saturated rings. The zero-order chi connectivity index (χ0) is 26.1. The summed E-state index contributed by atoms with van der Waals surface area (Å²) < 4.78 is 61.2. The van der Waals surface area contributed by atoms with Crippen molar-refractivity contribution < 1.29 is 32.5 Å². The highest BCUT2D eigenvalue weighted by Crippen LogP contribution is 2.47. The predicted octanol–water partition coefficient (Wildman–Crippen LogP) is 3.81. The quantitative estimate of drug-likeness (QED) is 0.391. The number of aromatic nitrogens is 4. The zero-order valence-corrected chi connectivity index (χ0v) is 19.4. The van der Waals surface area contributed by atoms with Gasteiger partial charge in [-0.05, 0) is 19.4 Å². The van der Waals surface area contributed by atoms with Crippen molar-refractivity contribution in [3.63, 3.8) is 0 Å². The Morgan fingerprint density at radius 3 is 2.54 bits per heavy atom. The fourth-order valence-corrected chi connectivity index (χ4v) is 5.16. The van der Waals surface area contributed by atoms with E-state index < -0.39 is 35.9 Å². The predicted molar refractivity (Wildman–Crippen MR) is 123 cm³/mol. The number of halogens is 4. The van der Waals surface area contributed by atoms with Crippen molar-refractivity contribution in [1.82, 2.24) is 19.4 Å². The molecular weight excluding hydrogens is 494 g/mol. The third-order valence-corrected chi connectivity index (χ3v) is 6.74. The summed E-state index contributed by atoms with van der Waals surface area (Å²) in [6.45, 7) is -0.680. The van der Waals surface area contributed by atoms with Gasteiger partial charge in [0.1, 0.15) is 23.0 Å². The van der Waals surface area contributed by atoms with Crippen LogP contribution in [-0.4, -0.2) is 54.9 Å². The van der Waals surface area contributed by atoms with Crippen LogP contribution in [0.25, 0.3) is 16.8 Å². The Balaban J connectivity index is 1.41. The summed E-state index contributed by atoms with van der Waals surface area (Å²) in [5, 5.41) is 20.6. The van der Waals surface area contributed by atoms with Crippen molar-refractivity contribution in [2.24, 2.45) is 0 Å². The molecule has 37 heavy (non-hydrogen) atoms. The Labute approximate surface area is 207 Å². The molecule has 0 amide bonds. The van der Waals surface area contributed by atoms with Crippen molar-refractivity contribution in [1.29, 1.82) is 0 Å². The van der Waals surface area contributed by atoms with Crippen LogP contribution in [0, 0.1) is 11.6 Å². The molecule has 2 aliphatic rings. The van der Waals surface area contributed by atoms with Gasteiger partial charge in [-0.2, -0.15) is 8.78 Å². The van der Waals surface area contributed by atoms with Crippen LogP contribution in [0.5, 0.6) is 5.75 Å². The molecule has 2 atom stereocenters. The summed E-state index contributed by atoms with van der Waals surface area (Å²) in [6.07, 6.45) is 3.50. The second-order valence-electron chi connectivity index (χ2n) is 9.64. The molecule has 1 saturated heterocycles. The van der Waals surface area contributed by atoms with Gasteiger partial charge < -0.3 is 24.3 Å². The average Bonchev–Trinajstić information content (AvgIpc) is 3.33. The van der Waals surface area contributed by atoms with Crippen molar-refractivity contribution >= 4 is 11.6 Å². The fraction of sp³-hybridized carbons (Fsp3) is 0.320. The van der Waals surface area contributed by atoms with E-state index in [1.165, 1.54) is 30.7 Å². The second kappa shape index (κ2) is 8.38. The van der Waals surface area contributed by atoms with Gasteiger partial charge in [-0.25, -0.2) is 23.7 Å². The van der Waals surface area contributed by atoms with Crippen molar-refractivity contribution in [2.75, 3.05) is 18.0 Å². The van der Waals surface area contributed by atoms with Crippen LogP contribution in [0.1, 0.15) is 42.3 Å². The maximum Gasteiger partial charge on any atom is 0.387 e. The van der Waals surface area contributed by atoms with Crippen LogP contribution in [0.4, 0.5) is 23.5 Å². The number of nitrogens with zero attached hydrogens (tertiary/aromatic N) is 5. The topological polar surface area (TPSA) is 96.0 Å². The number of hydrogen-bond donors (Lipinski definition) is 2. The van der Waals surface area contributed by atoms with E-state index in [2.05, 4.69) is 19.7 Å². The number of imidazole rings is 1. The van der Waals surface area contributed by atoms with Gasteiger partial charge in [0.25, 0.3) is 0 Å². The highest BCUT2D eigenvalue weighted by molar-refractivity contribution is 5.66. The van der Waals surface area contributed by atoms with E-state index in [1.54, 1.807) is 16.2 Å². The number of rotatable bonds is 5. The number of ether oxygens (including phenoxy) is 1. The van der Waals surface area contributed by atoms with Gasteiger partial charge in [0, 0.05) is 53.3 Å². The summed E-state index contributed by atoms with van der Waals surface area (Å²) in [7, 11) is 0. The van der Waals surface area contributed by atoms with E-state index in [0.29, 0.717) is 30.3 Å². The molecule has 4 heterocycles. The maximum absolute atomic E-state index is 15.1. The first kappa shape index (κ1) is 23.6. The molecule has 0 radical (unpaired) electrons. The van der Waals surface area contributed by atoms with Crippen molar-refractivity contribution in [3.05, 3.63) is 71.4 Å². The first-order valence-electron chi connectivity index (χ1n) is 11.5. The van der Waals surface area contributed by atoms with Crippen LogP contribution in [0.15, 0.2) is 42.9 Å². The number of fused-ring (bicyclic) bond motifs is 3. The summed E-state index contributed by atoms with van der Waals surface area (Å²) in [5.41, 5.74) is 0.973. The third kappa shape index (κ3) is 4.05. The molecule has 2 unspecified atom stereocenters. The number of hydrogen-bond acceptors (Lipinski definition) is 7. The van der Waals surface area contributed by atoms with Gasteiger partial charge in [0.05, 0.1) is 36.2 Å². The van der Waals surface area contributed by atoms with E-state index in [4.69, 9.17) is 0 Å². The van der Waals surface area contributed by atoms with Gasteiger partial charge in [-0.1, -0.05) is 6.07 Å². The largest absolute Gasteiger partial charge is 0.434 e. The molecule has 8 nitrogen and oxygen atoms in total. The first-order valence-corrected chi connectivity index (χ1v) is 11.5. The Bertz CT molecular complexity index is 1500. The molecule has 0 bridgehead atoms. The lowest BCUT2D eigenvalue weighted by atomic mass is 9.95. The molecule has 12 heteroatoms. The molecule has 1 aliphatic carbocycles. The van der Waals surface area contributed by atoms with Crippen molar-refractivity contribution in [2.45, 2.75) is 37.6 Å². The minimum Gasteiger partial charge on any atom is -0.434 e. The number of alkyl halides is 2. The van der Waals surface area contributed by atoms with Crippen LogP contribution >= 0.6 is 0 Å². The SMILES string of the molecule is CC1(O)CN(c2ncc(-c3cn4c5c(nc4cc3F)C(O)CC5c3ccc(F)cc3OC(F)F)cn2)C1. The van der Waals surface area contributed by atoms with Crippen molar-refractivity contribution in [3.8, 4) is 16.9 Å². The highest BCUT2D eigenvalue weighted by Gasteiger charge is 2.39. The van der Waals surface area contributed by atoms with Crippen LogP contribution in [-0.2, 0) is 0 Å². The monoisotopic (exact) mass is 515 g/mol. The number of benzene rings is 1. The van der Waals surface area contributed by atoms with Gasteiger partial charge in [-0.15, -0.1) is 0 Å². The summed E-state index contributed by atoms with van der Waals surface area (Å²) in [4.78, 5) is 14.8. The number of aliphatic hydroxyl groups excluding tert-OH is 1. The molecular formula is C25H21F4N5O3. The molecule has 0 spiro atoms. The number of aliphatic hydroxyl groups is 2. The average molecular weight is 515 g/mol. The first-order chi connectivity index (χ1) is 17.6. The minimum absolute atomic E-state index is 0.107. The summed E-state index contributed by atoms with van der Waals surface area (Å²) >= 11 is 0. The summed E-state index contributed by atoms with van der Waals surface area (Å²) in [5.74, 6) is -1.93. The van der Waals surface area contributed by atoms with E-state index in [-0.39, 0.29) is 34.6 Å².